The van der Waals surface area contributed by atoms with E-state index >= 15 is 0 Å². The molecule has 26 heavy (non-hydrogen) atoms. The molecule has 1 heterocycles. The van der Waals surface area contributed by atoms with Crippen LogP contribution in [0, 0.1) is 11.8 Å². The molecular formula is C19H24N2O5. The molecule has 1 aromatic rings. The number of rotatable bonds is 4. The van der Waals surface area contributed by atoms with E-state index in [9.17, 15) is 19.5 Å². The molecule has 140 valence electrons. The maximum absolute atomic E-state index is 12.8. The molecule has 1 saturated heterocycles. The fourth-order valence-corrected chi connectivity index (χ4v) is 3.68. The molecule has 7 nitrogen and oxygen atoms in total. The quantitative estimate of drug-likeness (QED) is 0.856. The number of morpholine rings is 1. The number of hydrogen-bond acceptors (Lipinski definition) is 4. The summed E-state index contributed by atoms with van der Waals surface area (Å²) >= 11 is 0. The van der Waals surface area contributed by atoms with E-state index in [4.69, 9.17) is 4.74 Å². The second kappa shape index (κ2) is 8.31. The van der Waals surface area contributed by atoms with Crippen LogP contribution in [0.2, 0.25) is 0 Å². The number of benzene rings is 1. The molecule has 2 aliphatic rings. The summed E-state index contributed by atoms with van der Waals surface area (Å²) in [4.78, 5) is 38.6. The van der Waals surface area contributed by atoms with E-state index < -0.39 is 17.8 Å². The Bertz CT molecular complexity index is 684. The third-order valence-electron chi connectivity index (χ3n) is 5.13. The molecule has 1 saturated carbocycles. The van der Waals surface area contributed by atoms with Gasteiger partial charge in [0.1, 0.15) is 0 Å². The standard InChI is InChI=1S/C19H24N2O5/c22-17(13-5-1-2-6-14(13)19(24)25)20-16-8-4-3-7-15(16)18(23)21-9-11-26-12-10-21/h3-4,7-8,13-14H,1-2,5-6,9-12H2,(H,20,22)(H,24,25)/t13-,14+/m0/s1. The summed E-state index contributed by atoms with van der Waals surface area (Å²) in [6.45, 7) is 2.04. The van der Waals surface area contributed by atoms with Crippen LogP contribution in [0.4, 0.5) is 5.69 Å². The van der Waals surface area contributed by atoms with Gasteiger partial charge < -0.3 is 20.1 Å². The van der Waals surface area contributed by atoms with Crippen LogP contribution in [0.25, 0.3) is 0 Å². The average molecular weight is 360 g/mol. The third kappa shape index (κ3) is 4.04. The van der Waals surface area contributed by atoms with Gasteiger partial charge in [-0.15, -0.1) is 0 Å². The zero-order chi connectivity index (χ0) is 18.5. The van der Waals surface area contributed by atoms with Crippen molar-refractivity contribution in [3.8, 4) is 0 Å². The number of amides is 2. The molecule has 3 rings (SSSR count). The van der Waals surface area contributed by atoms with Crippen LogP contribution < -0.4 is 5.32 Å². The number of anilines is 1. The summed E-state index contributed by atoms with van der Waals surface area (Å²) in [7, 11) is 0. The van der Waals surface area contributed by atoms with E-state index in [2.05, 4.69) is 5.32 Å². The largest absolute Gasteiger partial charge is 0.481 e. The van der Waals surface area contributed by atoms with E-state index in [1.165, 1.54) is 0 Å². The first-order valence-electron chi connectivity index (χ1n) is 9.07. The molecule has 7 heteroatoms. The van der Waals surface area contributed by atoms with Crippen molar-refractivity contribution in [1.29, 1.82) is 0 Å². The first kappa shape index (κ1) is 18.4. The maximum atomic E-state index is 12.8. The Hall–Kier alpha value is -2.41. The Balaban J connectivity index is 1.76. The first-order valence-corrected chi connectivity index (χ1v) is 9.07. The highest BCUT2D eigenvalue weighted by Crippen LogP contribution is 2.31. The zero-order valence-electron chi connectivity index (χ0n) is 14.6. The summed E-state index contributed by atoms with van der Waals surface area (Å²) in [6, 6.07) is 6.87. The Kier molecular flexibility index (Phi) is 5.88. The van der Waals surface area contributed by atoms with Gasteiger partial charge in [-0.3, -0.25) is 14.4 Å². The predicted octanol–water partition coefficient (Wildman–Crippen LogP) is 1.99. The van der Waals surface area contributed by atoms with E-state index in [1.54, 1.807) is 29.2 Å². The molecular weight excluding hydrogens is 336 g/mol. The van der Waals surface area contributed by atoms with Crippen molar-refractivity contribution in [3.63, 3.8) is 0 Å². The topological polar surface area (TPSA) is 95.9 Å². The number of nitrogens with zero attached hydrogens (tertiary/aromatic N) is 1. The Morgan fingerprint density at radius 1 is 1.04 bits per heavy atom. The average Bonchev–Trinajstić information content (AvgIpc) is 2.68. The molecule has 0 radical (unpaired) electrons. The molecule has 2 amide bonds. The van der Waals surface area contributed by atoms with Gasteiger partial charge in [0.25, 0.3) is 5.91 Å². The second-order valence-electron chi connectivity index (χ2n) is 6.78. The molecule has 1 aromatic carbocycles. The molecule has 0 aromatic heterocycles. The minimum atomic E-state index is -0.928. The molecule has 1 aliphatic heterocycles. The lowest BCUT2D eigenvalue weighted by molar-refractivity contribution is -0.147. The molecule has 0 bridgehead atoms. The SMILES string of the molecule is O=C(Nc1ccccc1C(=O)N1CCOCC1)[C@H]1CCCC[C@H]1C(=O)O. The molecule has 0 spiro atoms. The highest BCUT2D eigenvalue weighted by Gasteiger charge is 2.36. The summed E-state index contributed by atoms with van der Waals surface area (Å²) in [5.41, 5.74) is 0.856. The van der Waals surface area contributed by atoms with Gasteiger partial charge in [-0.25, -0.2) is 0 Å². The minimum absolute atomic E-state index is 0.150. The molecule has 2 atom stereocenters. The highest BCUT2D eigenvalue weighted by atomic mass is 16.5. The van der Waals surface area contributed by atoms with Crippen molar-refractivity contribution in [2.24, 2.45) is 11.8 Å². The lowest BCUT2D eigenvalue weighted by atomic mass is 9.78. The van der Waals surface area contributed by atoms with Gasteiger partial charge in [-0.1, -0.05) is 25.0 Å². The number of ether oxygens (including phenoxy) is 1. The van der Waals surface area contributed by atoms with Crippen LogP contribution >= 0.6 is 0 Å². The van der Waals surface area contributed by atoms with Crippen LogP contribution in [0.15, 0.2) is 24.3 Å². The van der Waals surface area contributed by atoms with Gasteiger partial charge in [-0.05, 0) is 25.0 Å². The fraction of sp³-hybridized carbons (Fsp3) is 0.526. The van der Waals surface area contributed by atoms with Crippen molar-refractivity contribution in [3.05, 3.63) is 29.8 Å². The second-order valence-corrected chi connectivity index (χ2v) is 6.78. The van der Waals surface area contributed by atoms with E-state index in [1.807, 2.05) is 0 Å². The van der Waals surface area contributed by atoms with Gasteiger partial charge in [0.2, 0.25) is 5.91 Å². The van der Waals surface area contributed by atoms with Crippen LogP contribution in [-0.4, -0.2) is 54.1 Å². The van der Waals surface area contributed by atoms with Crippen LogP contribution in [-0.2, 0) is 14.3 Å². The summed E-state index contributed by atoms with van der Waals surface area (Å²) in [6.07, 6.45) is 2.74. The van der Waals surface area contributed by atoms with E-state index in [-0.39, 0.29) is 11.8 Å². The van der Waals surface area contributed by atoms with Crippen molar-refractivity contribution < 1.29 is 24.2 Å². The minimum Gasteiger partial charge on any atom is -0.481 e. The van der Waals surface area contributed by atoms with Gasteiger partial charge in [0.15, 0.2) is 0 Å². The molecule has 2 fully saturated rings. The Morgan fingerprint density at radius 2 is 1.69 bits per heavy atom. The number of nitrogens with one attached hydrogen (secondary N) is 1. The number of carboxylic acid groups (broad SMARTS) is 1. The van der Waals surface area contributed by atoms with Crippen LogP contribution in [0.5, 0.6) is 0 Å². The van der Waals surface area contributed by atoms with E-state index in [0.29, 0.717) is 50.4 Å². The van der Waals surface area contributed by atoms with Crippen molar-refractivity contribution >= 4 is 23.5 Å². The fourth-order valence-electron chi connectivity index (χ4n) is 3.68. The molecule has 1 aliphatic carbocycles. The van der Waals surface area contributed by atoms with Crippen LogP contribution in [0.3, 0.4) is 0 Å². The van der Waals surface area contributed by atoms with Gasteiger partial charge in [0.05, 0.1) is 36.3 Å². The lowest BCUT2D eigenvalue weighted by Gasteiger charge is -2.29. The maximum Gasteiger partial charge on any atom is 0.307 e. The predicted molar refractivity (Wildman–Crippen MR) is 94.9 cm³/mol. The third-order valence-corrected chi connectivity index (χ3v) is 5.13. The number of para-hydroxylation sites is 1. The lowest BCUT2D eigenvalue weighted by Crippen LogP contribution is -2.41. The highest BCUT2D eigenvalue weighted by molar-refractivity contribution is 6.04. The van der Waals surface area contributed by atoms with Gasteiger partial charge >= 0.3 is 5.97 Å². The number of carboxylic acids is 1. The number of aliphatic carboxylic acids is 1. The van der Waals surface area contributed by atoms with Crippen LogP contribution in [0.1, 0.15) is 36.0 Å². The van der Waals surface area contributed by atoms with Crippen molar-refractivity contribution in [2.75, 3.05) is 31.6 Å². The summed E-state index contributed by atoms with van der Waals surface area (Å²) in [5.74, 6) is -2.62. The van der Waals surface area contributed by atoms with Gasteiger partial charge in [-0.2, -0.15) is 0 Å². The Labute approximate surface area is 152 Å². The summed E-state index contributed by atoms with van der Waals surface area (Å²) in [5, 5.41) is 12.2. The first-order chi connectivity index (χ1) is 12.6. The van der Waals surface area contributed by atoms with Crippen molar-refractivity contribution in [1.82, 2.24) is 4.90 Å². The zero-order valence-corrected chi connectivity index (χ0v) is 14.6. The normalized spacial score (nSPS) is 23.3. The van der Waals surface area contributed by atoms with Gasteiger partial charge in [0, 0.05) is 13.1 Å². The Morgan fingerprint density at radius 3 is 2.38 bits per heavy atom. The molecule has 0 unspecified atom stereocenters. The van der Waals surface area contributed by atoms with E-state index in [0.717, 1.165) is 12.8 Å². The summed E-state index contributed by atoms with van der Waals surface area (Å²) < 4.78 is 5.27. The number of carbonyl (C=O) groups is 3. The number of hydrogen-bond donors (Lipinski definition) is 2. The number of carbonyl (C=O) groups excluding carboxylic acids is 2. The van der Waals surface area contributed by atoms with Crippen molar-refractivity contribution in [2.45, 2.75) is 25.7 Å². The smallest absolute Gasteiger partial charge is 0.307 e. The monoisotopic (exact) mass is 360 g/mol. The molecule has 2 N–H and O–H groups in total.